The average Bonchev–Trinajstić information content (AvgIpc) is 2.15. The average molecular weight is 259 g/mol. The fraction of sp³-hybridized carbons (Fsp3) is 0.857. The zero-order valence-corrected chi connectivity index (χ0v) is 9.74. The van der Waals surface area contributed by atoms with E-state index < -0.39 is 42.3 Å². The predicted octanol–water partition coefficient (Wildman–Crippen LogP) is -0.969. The van der Waals surface area contributed by atoms with Crippen molar-refractivity contribution < 1.29 is 31.6 Å². The molecule has 0 radical (unpaired) electrons. The highest BCUT2D eigenvalue weighted by atomic mass is 32.2. The summed E-state index contributed by atoms with van der Waals surface area (Å²) in [5, 5.41) is 8.33. The SMILES string of the molecule is COCN(CC(C)F)S(=O)(=O)OC(=O)CO. The zero-order valence-electron chi connectivity index (χ0n) is 8.92. The molecular weight excluding hydrogens is 245 g/mol. The number of hydrogen-bond donors (Lipinski definition) is 1. The Hall–Kier alpha value is -0.770. The molecule has 0 aromatic heterocycles. The molecule has 9 heteroatoms. The second-order valence-electron chi connectivity index (χ2n) is 2.90. The monoisotopic (exact) mass is 259 g/mol. The fourth-order valence-electron chi connectivity index (χ4n) is 0.830. The van der Waals surface area contributed by atoms with Crippen LogP contribution in [0.2, 0.25) is 0 Å². The largest absolute Gasteiger partial charge is 0.389 e. The van der Waals surface area contributed by atoms with Gasteiger partial charge in [0.1, 0.15) is 19.5 Å². The van der Waals surface area contributed by atoms with Gasteiger partial charge in [0.05, 0.1) is 6.54 Å². The van der Waals surface area contributed by atoms with Gasteiger partial charge in [-0.25, -0.2) is 9.18 Å². The summed E-state index contributed by atoms with van der Waals surface area (Å²) in [6, 6.07) is 0. The molecule has 0 saturated heterocycles. The fourth-order valence-corrected chi connectivity index (χ4v) is 1.85. The second-order valence-corrected chi connectivity index (χ2v) is 4.44. The van der Waals surface area contributed by atoms with Gasteiger partial charge in [-0.05, 0) is 6.92 Å². The van der Waals surface area contributed by atoms with Crippen molar-refractivity contribution in [3.63, 3.8) is 0 Å². The first-order valence-corrected chi connectivity index (χ1v) is 5.66. The molecule has 1 N–H and O–H groups in total. The third kappa shape index (κ3) is 5.35. The van der Waals surface area contributed by atoms with Gasteiger partial charge in [0.25, 0.3) is 0 Å². The van der Waals surface area contributed by atoms with Gasteiger partial charge in [0.15, 0.2) is 0 Å². The van der Waals surface area contributed by atoms with E-state index in [1.165, 1.54) is 7.11 Å². The molecule has 0 aromatic carbocycles. The number of hydrogen-bond acceptors (Lipinski definition) is 6. The lowest BCUT2D eigenvalue weighted by Crippen LogP contribution is -2.39. The Morgan fingerprint density at radius 3 is 2.50 bits per heavy atom. The molecule has 0 heterocycles. The summed E-state index contributed by atoms with van der Waals surface area (Å²) in [6.07, 6.45) is -1.45. The number of aliphatic hydroxyl groups is 1. The lowest BCUT2D eigenvalue weighted by Gasteiger charge is -2.20. The van der Waals surface area contributed by atoms with Gasteiger partial charge in [-0.2, -0.15) is 8.42 Å². The molecule has 7 nitrogen and oxygen atoms in total. The van der Waals surface area contributed by atoms with Crippen molar-refractivity contribution >= 4 is 16.3 Å². The Morgan fingerprint density at radius 2 is 2.12 bits per heavy atom. The van der Waals surface area contributed by atoms with Crippen LogP contribution in [0, 0.1) is 0 Å². The summed E-state index contributed by atoms with van der Waals surface area (Å²) in [4.78, 5) is 10.6. The number of methoxy groups -OCH3 is 1. The van der Waals surface area contributed by atoms with Gasteiger partial charge in [0.2, 0.25) is 0 Å². The van der Waals surface area contributed by atoms with Crippen LogP contribution in [-0.2, 0) is 24.0 Å². The van der Waals surface area contributed by atoms with Crippen molar-refractivity contribution in [2.45, 2.75) is 13.1 Å². The standard InChI is InChI=1S/C7H14FNO6S/c1-6(8)3-9(5-14-2)16(12,13)15-7(11)4-10/h6,10H,3-5H2,1-2H3. The summed E-state index contributed by atoms with van der Waals surface area (Å²) in [6.45, 7) is -0.887. The van der Waals surface area contributed by atoms with E-state index in [0.717, 1.165) is 6.92 Å². The first kappa shape index (κ1) is 15.2. The minimum absolute atomic E-state index is 0.449. The Balaban J connectivity index is 4.68. The normalized spacial score (nSPS) is 13.8. The van der Waals surface area contributed by atoms with E-state index in [2.05, 4.69) is 8.92 Å². The summed E-state index contributed by atoms with van der Waals surface area (Å²) in [5.41, 5.74) is 0. The van der Waals surface area contributed by atoms with E-state index in [-0.39, 0.29) is 0 Å². The molecule has 0 bridgehead atoms. The van der Waals surface area contributed by atoms with E-state index in [9.17, 15) is 17.6 Å². The molecule has 16 heavy (non-hydrogen) atoms. The summed E-state index contributed by atoms with van der Waals surface area (Å²) >= 11 is 0. The van der Waals surface area contributed by atoms with Gasteiger partial charge in [-0.1, -0.05) is 0 Å². The highest BCUT2D eigenvalue weighted by Gasteiger charge is 2.27. The summed E-state index contributed by atoms with van der Waals surface area (Å²) in [5.74, 6) is -1.34. The molecule has 0 fully saturated rings. The van der Waals surface area contributed by atoms with Crippen LogP contribution in [0.25, 0.3) is 0 Å². The number of aliphatic hydroxyl groups excluding tert-OH is 1. The molecule has 0 amide bonds. The second kappa shape index (κ2) is 6.74. The molecule has 0 aliphatic carbocycles. The lowest BCUT2D eigenvalue weighted by molar-refractivity contribution is -0.137. The number of carbonyl (C=O) groups excluding carboxylic acids is 1. The summed E-state index contributed by atoms with van der Waals surface area (Å²) < 4.78 is 44.4. The Morgan fingerprint density at radius 1 is 1.56 bits per heavy atom. The number of rotatable bonds is 7. The highest BCUT2D eigenvalue weighted by molar-refractivity contribution is 7.84. The molecule has 1 unspecified atom stereocenters. The van der Waals surface area contributed by atoms with Crippen molar-refractivity contribution in [3.8, 4) is 0 Å². The maximum absolute atomic E-state index is 12.7. The van der Waals surface area contributed by atoms with Crippen LogP contribution in [-0.4, -0.2) is 57.0 Å². The Bertz CT molecular complexity index is 317. The van der Waals surface area contributed by atoms with Gasteiger partial charge < -0.3 is 14.0 Å². The van der Waals surface area contributed by atoms with Gasteiger partial charge in [0, 0.05) is 7.11 Å². The van der Waals surface area contributed by atoms with Crippen LogP contribution >= 0.6 is 0 Å². The molecule has 0 aromatic rings. The molecule has 0 aliphatic rings. The van der Waals surface area contributed by atoms with Crippen molar-refractivity contribution in [1.29, 1.82) is 0 Å². The smallest absolute Gasteiger partial charge is 0.385 e. The molecule has 0 spiro atoms. The quantitative estimate of drug-likeness (QED) is 0.591. The van der Waals surface area contributed by atoms with Crippen LogP contribution in [0.5, 0.6) is 0 Å². The molecule has 0 saturated carbocycles. The first-order chi connectivity index (χ1) is 7.33. The minimum atomic E-state index is -4.43. The van der Waals surface area contributed by atoms with Crippen LogP contribution in [0.15, 0.2) is 0 Å². The van der Waals surface area contributed by atoms with E-state index in [4.69, 9.17) is 5.11 Å². The molecule has 1 atom stereocenters. The number of alkyl halides is 1. The van der Waals surface area contributed by atoms with Crippen molar-refractivity contribution in [3.05, 3.63) is 0 Å². The zero-order chi connectivity index (χ0) is 12.8. The molecule has 96 valence electrons. The van der Waals surface area contributed by atoms with E-state index in [1.54, 1.807) is 0 Å². The van der Waals surface area contributed by atoms with Crippen LogP contribution in [0.1, 0.15) is 6.92 Å². The van der Waals surface area contributed by atoms with Crippen molar-refractivity contribution in [2.24, 2.45) is 0 Å². The Kier molecular flexibility index (Phi) is 6.41. The molecule has 0 aliphatic heterocycles. The minimum Gasteiger partial charge on any atom is -0.385 e. The van der Waals surface area contributed by atoms with E-state index in [1.807, 2.05) is 0 Å². The number of carbonyl (C=O) groups is 1. The molecular formula is C7H14FNO6S. The number of ether oxygens (including phenoxy) is 1. The van der Waals surface area contributed by atoms with E-state index in [0.29, 0.717) is 4.31 Å². The number of halogens is 1. The third-order valence-electron chi connectivity index (χ3n) is 1.37. The predicted molar refractivity (Wildman–Crippen MR) is 51.2 cm³/mol. The number of nitrogens with zero attached hydrogens (tertiary/aromatic N) is 1. The van der Waals surface area contributed by atoms with Crippen molar-refractivity contribution in [1.82, 2.24) is 4.31 Å². The van der Waals surface area contributed by atoms with Crippen LogP contribution in [0.4, 0.5) is 4.39 Å². The van der Waals surface area contributed by atoms with Crippen molar-refractivity contribution in [2.75, 3.05) is 27.0 Å². The third-order valence-corrected chi connectivity index (χ3v) is 2.66. The van der Waals surface area contributed by atoms with Gasteiger partial charge in [-0.15, -0.1) is 4.31 Å². The van der Waals surface area contributed by atoms with Crippen LogP contribution < -0.4 is 0 Å². The lowest BCUT2D eigenvalue weighted by atomic mass is 10.4. The maximum Gasteiger partial charge on any atom is 0.389 e. The first-order valence-electron chi connectivity index (χ1n) is 4.29. The van der Waals surface area contributed by atoms with Crippen LogP contribution in [0.3, 0.4) is 0 Å². The van der Waals surface area contributed by atoms with Gasteiger partial charge in [-0.3, -0.25) is 0 Å². The summed E-state index contributed by atoms with van der Waals surface area (Å²) in [7, 11) is -3.22. The molecule has 0 rings (SSSR count). The van der Waals surface area contributed by atoms with Gasteiger partial charge >= 0.3 is 16.3 Å². The highest BCUT2D eigenvalue weighted by Crippen LogP contribution is 2.06. The maximum atomic E-state index is 12.7. The van der Waals surface area contributed by atoms with E-state index >= 15 is 0 Å². The topological polar surface area (TPSA) is 93.1 Å². The Labute approximate surface area is 93.0 Å².